The largest absolute Gasteiger partial charge is 0.488 e. The van der Waals surface area contributed by atoms with Crippen LogP contribution in [0.15, 0.2) is 40.2 Å². The molecule has 0 aliphatic rings. The standard InChI is InChI=1S/C17H19Cl2NO5S/c1-11(2)5-6-24-17-9-20-12(7-16(17)21)10-25-26(22,23)13-3-4-14(18)15(19)8-13/h3-4,7-9,11H,5-6,10H2,1-2H3,(H,20,21). The minimum Gasteiger partial charge on any atom is -0.488 e. The van der Waals surface area contributed by atoms with Gasteiger partial charge in [-0.25, -0.2) is 0 Å². The average molecular weight is 420 g/mol. The highest BCUT2D eigenvalue weighted by Crippen LogP contribution is 2.26. The van der Waals surface area contributed by atoms with E-state index in [0.29, 0.717) is 18.2 Å². The normalized spacial score (nSPS) is 11.7. The van der Waals surface area contributed by atoms with Gasteiger partial charge < -0.3 is 9.72 Å². The number of aromatic amines is 1. The van der Waals surface area contributed by atoms with Crippen molar-refractivity contribution in [2.45, 2.75) is 31.8 Å². The topological polar surface area (TPSA) is 85.5 Å². The second-order valence-corrected chi connectivity index (χ2v) is 8.44. The van der Waals surface area contributed by atoms with Gasteiger partial charge in [0.25, 0.3) is 10.1 Å². The minimum absolute atomic E-state index is 0.104. The van der Waals surface area contributed by atoms with E-state index in [1.807, 2.05) is 0 Å². The summed E-state index contributed by atoms with van der Waals surface area (Å²) < 4.78 is 34.7. The quantitative estimate of drug-likeness (QED) is 0.653. The number of hydrogen-bond donors (Lipinski definition) is 1. The van der Waals surface area contributed by atoms with Gasteiger partial charge in [-0.3, -0.25) is 8.98 Å². The summed E-state index contributed by atoms with van der Waals surface area (Å²) in [6.45, 7) is 4.22. The molecule has 1 aromatic heterocycles. The number of pyridine rings is 1. The van der Waals surface area contributed by atoms with Gasteiger partial charge in [0.05, 0.1) is 21.5 Å². The van der Waals surface area contributed by atoms with Crippen LogP contribution in [-0.2, 0) is 20.9 Å². The van der Waals surface area contributed by atoms with Crippen LogP contribution in [0.2, 0.25) is 10.0 Å². The van der Waals surface area contributed by atoms with Gasteiger partial charge in [-0.1, -0.05) is 37.0 Å². The van der Waals surface area contributed by atoms with Crippen LogP contribution in [0.5, 0.6) is 5.75 Å². The molecule has 0 bridgehead atoms. The lowest BCUT2D eigenvalue weighted by Crippen LogP contribution is -2.13. The van der Waals surface area contributed by atoms with Crippen LogP contribution in [0.25, 0.3) is 0 Å². The van der Waals surface area contributed by atoms with Gasteiger partial charge in [0.15, 0.2) is 5.75 Å². The van der Waals surface area contributed by atoms with Crippen molar-refractivity contribution in [1.82, 2.24) is 4.98 Å². The summed E-state index contributed by atoms with van der Waals surface area (Å²) in [6, 6.07) is 5.10. The second-order valence-electron chi connectivity index (χ2n) is 6.01. The van der Waals surface area contributed by atoms with E-state index in [-0.39, 0.29) is 32.7 Å². The maximum absolute atomic E-state index is 12.2. The zero-order chi connectivity index (χ0) is 19.3. The average Bonchev–Trinajstić information content (AvgIpc) is 2.57. The number of rotatable bonds is 8. The van der Waals surface area contributed by atoms with Gasteiger partial charge in [-0.15, -0.1) is 0 Å². The lowest BCUT2D eigenvalue weighted by molar-refractivity contribution is 0.283. The van der Waals surface area contributed by atoms with Crippen LogP contribution in [0.1, 0.15) is 26.0 Å². The molecule has 0 aliphatic carbocycles. The van der Waals surface area contributed by atoms with E-state index >= 15 is 0 Å². The molecule has 0 radical (unpaired) electrons. The molecule has 142 valence electrons. The summed E-state index contributed by atoms with van der Waals surface area (Å²) in [7, 11) is -4.04. The summed E-state index contributed by atoms with van der Waals surface area (Å²) >= 11 is 11.6. The van der Waals surface area contributed by atoms with Crippen LogP contribution < -0.4 is 10.2 Å². The first-order valence-electron chi connectivity index (χ1n) is 7.88. The fourth-order valence-corrected chi connectivity index (χ4v) is 3.22. The van der Waals surface area contributed by atoms with Crippen LogP contribution in [0, 0.1) is 5.92 Å². The summed E-state index contributed by atoms with van der Waals surface area (Å²) in [5, 5.41) is 0.343. The zero-order valence-electron chi connectivity index (χ0n) is 14.3. The molecule has 1 aromatic carbocycles. The number of halogens is 2. The fourth-order valence-electron chi connectivity index (χ4n) is 1.94. The molecule has 0 fully saturated rings. The van der Waals surface area contributed by atoms with Crippen LogP contribution in [0.3, 0.4) is 0 Å². The van der Waals surface area contributed by atoms with E-state index in [4.69, 9.17) is 32.1 Å². The van der Waals surface area contributed by atoms with Crippen molar-refractivity contribution >= 4 is 33.3 Å². The summed E-state index contributed by atoms with van der Waals surface area (Å²) in [5.74, 6) is 0.648. The highest BCUT2D eigenvalue weighted by atomic mass is 35.5. The molecule has 0 aliphatic heterocycles. The second kappa shape index (κ2) is 8.90. The molecule has 2 aromatic rings. The van der Waals surface area contributed by atoms with Crippen LogP contribution in [0.4, 0.5) is 0 Å². The maximum atomic E-state index is 12.2. The van der Waals surface area contributed by atoms with E-state index in [1.54, 1.807) is 0 Å². The van der Waals surface area contributed by atoms with Crippen LogP contribution >= 0.6 is 23.2 Å². The highest BCUT2D eigenvalue weighted by Gasteiger charge is 2.17. The first-order valence-corrected chi connectivity index (χ1v) is 10.0. The van der Waals surface area contributed by atoms with E-state index in [0.717, 1.165) is 6.42 Å². The Morgan fingerprint density at radius 1 is 1.15 bits per heavy atom. The predicted molar refractivity (Wildman–Crippen MR) is 100 cm³/mol. The molecule has 0 saturated carbocycles. The Hall–Kier alpha value is -1.54. The molecule has 0 spiro atoms. The molecule has 0 amide bonds. The van der Waals surface area contributed by atoms with E-state index in [2.05, 4.69) is 18.8 Å². The number of ether oxygens (including phenoxy) is 1. The van der Waals surface area contributed by atoms with Crippen molar-refractivity contribution in [3.8, 4) is 5.75 Å². The number of nitrogens with one attached hydrogen (secondary N) is 1. The van der Waals surface area contributed by atoms with Gasteiger partial charge in [0.1, 0.15) is 6.61 Å². The van der Waals surface area contributed by atoms with Crippen molar-refractivity contribution in [2.75, 3.05) is 6.61 Å². The Morgan fingerprint density at radius 3 is 2.50 bits per heavy atom. The molecular formula is C17H19Cl2NO5S. The fraction of sp³-hybridized carbons (Fsp3) is 0.353. The van der Waals surface area contributed by atoms with Gasteiger partial charge in [0.2, 0.25) is 5.43 Å². The maximum Gasteiger partial charge on any atom is 0.297 e. The SMILES string of the molecule is CC(C)CCOc1c[nH]c(COS(=O)(=O)c2ccc(Cl)c(Cl)c2)cc1=O. The molecule has 1 N–H and O–H groups in total. The third-order valence-corrected chi connectivity index (χ3v) is 5.44. The number of hydrogen-bond acceptors (Lipinski definition) is 5. The van der Waals surface area contributed by atoms with E-state index in [1.165, 1.54) is 30.5 Å². The lowest BCUT2D eigenvalue weighted by atomic mass is 10.1. The van der Waals surface area contributed by atoms with Crippen molar-refractivity contribution in [2.24, 2.45) is 5.92 Å². The first kappa shape index (κ1) is 20.8. The molecule has 6 nitrogen and oxygen atoms in total. The minimum atomic E-state index is -4.04. The zero-order valence-corrected chi connectivity index (χ0v) is 16.6. The molecule has 1 heterocycles. The molecule has 0 atom stereocenters. The van der Waals surface area contributed by atoms with Gasteiger partial charge in [0, 0.05) is 18.0 Å². The lowest BCUT2D eigenvalue weighted by Gasteiger charge is -2.09. The third kappa shape index (κ3) is 5.74. The van der Waals surface area contributed by atoms with Crippen molar-refractivity contribution in [3.05, 3.63) is 56.4 Å². The number of H-pyrrole nitrogens is 1. The Bertz CT molecular complexity index is 925. The highest BCUT2D eigenvalue weighted by molar-refractivity contribution is 7.86. The van der Waals surface area contributed by atoms with Crippen molar-refractivity contribution < 1.29 is 17.3 Å². The molecule has 9 heteroatoms. The Balaban J connectivity index is 2.03. The van der Waals surface area contributed by atoms with E-state index in [9.17, 15) is 13.2 Å². The first-order chi connectivity index (χ1) is 12.2. The molecule has 0 saturated heterocycles. The predicted octanol–water partition coefficient (Wildman–Crippen LogP) is 4.01. The molecule has 26 heavy (non-hydrogen) atoms. The summed E-state index contributed by atoms with van der Waals surface area (Å²) in [4.78, 5) is 14.7. The number of aromatic nitrogens is 1. The monoisotopic (exact) mass is 419 g/mol. The Morgan fingerprint density at radius 2 is 1.88 bits per heavy atom. The van der Waals surface area contributed by atoms with Gasteiger partial charge >= 0.3 is 0 Å². The molecule has 2 rings (SSSR count). The van der Waals surface area contributed by atoms with E-state index < -0.39 is 10.1 Å². The van der Waals surface area contributed by atoms with Crippen molar-refractivity contribution in [1.29, 1.82) is 0 Å². The van der Waals surface area contributed by atoms with Crippen LogP contribution in [-0.4, -0.2) is 20.0 Å². The summed E-state index contributed by atoms with van der Waals surface area (Å²) in [5.41, 5.74) is -0.0483. The van der Waals surface area contributed by atoms with Gasteiger partial charge in [-0.2, -0.15) is 8.42 Å². The Labute approximate surface area is 162 Å². The van der Waals surface area contributed by atoms with Gasteiger partial charge in [-0.05, 0) is 30.5 Å². The molecular weight excluding hydrogens is 401 g/mol. The van der Waals surface area contributed by atoms with Crippen molar-refractivity contribution in [3.63, 3.8) is 0 Å². The molecule has 0 unspecified atom stereocenters. The Kier molecular flexibility index (Phi) is 7.11. The third-order valence-electron chi connectivity index (χ3n) is 3.44. The smallest absolute Gasteiger partial charge is 0.297 e. The summed E-state index contributed by atoms with van der Waals surface area (Å²) in [6.07, 6.45) is 2.22. The number of benzene rings is 1.